The first-order chi connectivity index (χ1) is 29.2. The van der Waals surface area contributed by atoms with Crippen LogP contribution in [0, 0.1) is 0 Å². The van der Waals surface area contributed by atoms with Crippen LogP contribution in [0.1, 0.15) is 0 Å². The molecule has 0 fully saturated rings. The standard InChI is InChI=1S/C56H36N2S/c1-2-14-43(15-3-1)58-53-21-8-6-17-48(53)51-36-42(29-33-54(51)58)39-24-25-41-35-45(32-28-40(41)34-39)57(52-22-10-13-37-12-4-5-16-46(37)52)44-30-26-38(27-31-44)47-19-11-20-50-49-18-7-9-23-55(49)59-56(47)50/h1-36H. The number of nitrogens with zero attached hydrogens (tertiary/aromatic N) is 2. The molecule has 2 aromatic heterocycles. The minimum atomic E-state index is 1.12. The average molecular weight is 769 g/mol. The highest BCUT2D eigenvalue weighted by atomic mass is 32.1. The average Bonchev–Trinajstić information content (AvgIpc) is 3.85. The van der Waals surface area contributed by atoms with Crippen molar-refractivity contribution in [2.24, 2.45) is 0 Å². The minimum absolute atomic E-state index is 1.12. The van der Waals surface area contributed by atoms with Gasteiger partial charge in [0.1, 0.15) is 0 Å². The van der Waals surface area contributed by atoms with Crippen LogP contribution < -0.4 is 4.90 Å². The van der Waals surface area contributed by atoms with Gasteiger partial charge < -0.3 is 9.47 Å². The van der Waals surface area contributed by atoms with Crippen LogP contribution in [-0.4, -0.2) is 4.57 Å². The van der Waals surface area contributed by atoms with Crippen LogP contribution in [0.25, 0.3) is 91.5 Å². The van der Waals surface area contributed by atoms with Gasteiger partial charge in [-0.2, -0.15) is 0 Å². The summed E-state index contributed by atoms with van der Waals surface area (Å²) in [7, 11) is 0. The summed E-state index contributed by atoms with van der Waals surface area (Å²) in [6, 6.07) is 79.9. The van der Waals surface area contributed by atoms with Gasteiger partial charge in [-0.1, -0.05) is 146 Å². The molecule has 2 nitrogen and oxygen atoms in total. The number of benzene rings is 10. The van der Waals surface area contributed by atoms with Crippen LogP contribution in [0.5, 0.6) is 0 Å². The number of hydrogen-bond acceptors (Lipinski definition) is 2. The van der Waals surface area contributed by atoms with Crippen molar-refractivity contribution >= 4 is 91.9 Å². The number of fused-ring (bicyclic) bond motifs is 8. The predicted molar refractivity (Wildman–Crippen MR) is 254 cm³/mol. The molecule has 0 saturated carbocycles. The second-order valence-corrected chi connectivity index (χ2v) is 16.4. The van der Waals surface area contributed by atoms with E-state index in [2.05, 4.69) is 228 Å². The Hall–Kier alpha value is -7.46. The zero-order valence-corrected chi connectivity index (χ0v) is 32.9. The van der Waals surface area contributed by atoms with E-state index in [0.717, 1.165) is 17.1 Å². The van der Waals surface area contributed by atoms with Gasteiger partial charge in [-0.25, -0.2) is 0 Å². The Morgan fingerprint density at radius 1 is 0.356 bits per heavy atom. The van der Waals surface area contributed by atoms with Crippen molar-refractivity contribution in [2.75, 3.05) is 4.90 Å². The molecule has 0 aliphatic carbocycles. The number of aromatic nitrogens is 1. The van der Waals surface area contributed by atoms with E-state index in [1.54, 1.807) is 0 Å². The summed E-state index contributed by atoms with van der Waals surface area (Å²) in [4.78, 5) is 2.41. The molecule has 0 amide bonds. The molecule has 12 rings (SSSR count). The molecule has 0 radical (unpaired) electrons. The fraction of sp³-hybridized carbons (Fsp3) is 0. The van der Waals surface area contributed by atoms with Gasteiger partial charge in [0.25, 0.3) is 0 Å². The van der Waals surface area contributed by atoms with E-state index in [9.17, 15) is 0 Å². The summed E-state index contributed by atoms with van der Waals surface area (Å²) in [5.74, 6) is 0. The predicted octanol–water partition coefficient (Wildman–Crippen LogP) is 16.3. The van der Waals surface area contributed by atoms with E-state index in [-0.39, 0.29) is 0 Å². The molecule has 0 saturated heterocycles. The summed E-state index contributed by atoms with van der Waals surface area (Å²) in [5.41, 5.74) is 11.9. The molecule has 0 aliphatic heterocycles. The third kappa shape index (κ3) is 5.55. The van der Waals surface area contributed by atoms with E-state index in [4.69, 9.17) is 0 Å². The third-order valence-corrected chi connectivity index (χ3v) is 13.2. The summed E-state index contributed by atoms with van der Waals surface area (Å²) >= 11 is 1.88. The Labute approximate surface area is 346 Å². The van der Waals surface area contributed by atoms with E-state index in [1.807, 2.05) is 11.3 Å². The fourth-order valence-electron chi connectivity index (χ4n) is 9.15. The number of anilines is 3. The van der Waals surface area contributed by atoms with Crippen LogP contribution in [0.3, 0.4) is 0 Å². The quantitative estimate of drug-likeness (QED) is 0.164. The molecule has 0 spiro atoms. The van der Waals surface area contributed by atoms with Crippen molar-refractivity contribution in [1.29, 1.82) is 0 Å². The van der Waals surface area contributed by atoms with Crippen LogP contribution >= 0.6 is 11.3 Å². The molecule has 3 heteroatoms. The SMILES string of the molecule is c1ccc(-n2c3ccccc3c3cc(-c4ccc5cc(N(c6ccc(-c7cccc8c7sc7ccccc78)cc6)c6cccc7ccccc67)ccc5c4)ccc32)cc1. The van der Waals surface area contributed by atoms with Crippen molar-refractivity contribution in [1.82, 2.24) is 4.57 Å². The lowest BCUT2D eigenvalue weighted by atomic mass is 9.98. The maximum Gasteiger partial charge on any atom is 0.0541 e. The van der Waals surface area contributed by atoms with Gasteiger partial charge in [-0.05, 0) is 111 Å². The van der Waals surface area contributed by atoms with Crippen LogP contribution in [0.15, 0.2) is 218 Å². The van der Waals surface area contributed by atoms with Gasteiger partial charge >= 0.3 is 0 Å². The number of hydrogen-bond donors (Lipinski definition) is 0. The van der Waals surface area contributed by atoms with E-state index >= 15 is 0 Å². The lowest BCUT2D eigenvalue weighted by Gasteiger charge is -2.27. The van der Waals surface area contributed by atoms with Gasteiger partial charge in [-0.15, -0.1) is 11.3 Å². The molecule has 12 aromatic rings. The van der Waals surface area contributed by atoms with Crippen LogP contribution in [-0.2, 0) is 0 Å². The molecule has 276 valence electrons. The van der Waals surface area contributed by atoms with Crippen molar-refractivity contribution in [2.45, 2.75) is 0 Å². The largest absolute Gasteiger partial charge is 0.310 e. The third-order valence-electron chi connectivity index (χ3n) is 12.0. The van der Waals surface area contributed by atoms with Crippen molar-refractivity contribution in [3.63, 3.8) is 0 Å². The number of thiophene rings is 1. The Morgan fingerprint density at radius 3 is 1.88 bits per heavy atom. The second-order valence-electron chi connectivity index (χ2n) is 15.3. The lowest BCUT2D eigenvalue weighted by Crippen LogP contribution is -2.10. The van der Waals surface area contributed by atoms with Crippen LogP contribution in [0.4, 0.5) is 17.1 Å². The van der Waals surface area contributed by atoms with Gasteiger partial charge in [0, 0.05) is 53.4 Å². The van der Waals surface area contributed by atoms with Crippen molar-refractivity contribution in [3.8, 4) is 27.9 Å². The summed E-state index contributed by atoms with van der Waals surface area (Å²) < 4.78 is 5.03. The Kier molecular flexibility index (Phi) is 7.75. The van der Waals surface area contributed by atoms with E-state index < -0.39 is 0 Å². The van der Waals surface area contributed by atoms with Crippen molar-refractivity contribution < 1.29 is 0 Å². The molecule has 59 heavy (non-hydrogen) atoms. The van der Waals surface area contributed by atoms with Gasteiger partial charge in [0.2, 0.25) is 0 Å². The zero-order valence-electron chi connectivity index (χ0n) is 32.1. The normalized spacial score (nSPS) is 11.7. The van der Waals surface area contributed by atoms with Gasteiger partial charge in [0.05, 0.1) is 16.7 Å². The topological polar surface area (TPSA) is 8.17 Å². The molecule has 2 heterocycles. The monoisotopic (exact) mass is 768 g/mol. The smallest absolute Gasteiger partial charge is 0.0541 e. The number of rotatable bonds is 6. The molecule has 10 aromatic carbocycles. The minimum Gasteiger partial charge on any atom is -0.310 e. The first kappa shape index (κ1) is 33.7. The summed E-state index contributed by atoms with van der Waals surface area (Å²) in [5, 5.41) is 10.0. The van der Waals surface area contributed by atoms with Crippen LogP contribution in [0.2, 0.25) is 0 Å². The molecule has 0 N–H and O–H groups in total. The maximum atomic E-state index is 2.41. The number of para-hydroxylation sites is 2. The molecule has 0 unspecified atom stereocenters. The zero-order chi connectivity index (χ0) is 38.9. The highest BCUT2D eigenvalue weighted by molar-refractivity contribution is 7.26. The molecule has 0 atom stereocenters. The molecular weight excluding hydrogens is 733 g/mol. The first-order valence-electron chi connectivity index (χ1n) is 20.2. The first-order valence-corrected chi connectivity index (χ1v) is 21.0. The molecule has 0 aliphatic rings. The van der Waals surface area contributed by atoms with E-state index in [0.29, 0.717) is 0 Å². The maximum absolute atomic E-state index is 2.41. The Morgan fingerprint density at radius 2 is 0.983 bits per heavy atom. The van der Waals surface area contributed by atoms with Gasteiger partial charge in [-0.3, -0.25) is 0 Å². The molecule has 0 bridgehead atoms. The highest BCUT2D eigenvalue weighted by Gasteiger charge is 2.18. The summed E-state index contributed by atoms with van der Waals surface area (Å²) in [6.07, 6.45) is 0. The Balaban J connectivity index is 0.952. The highest BCUT2D eigenvalue weighted by Crippen LogP contribution is 2.44. The fourth-order valence-corrected chi connectivity index (χ4v) is 10.4. The van der Waals surface area contributed by atoms with E-state index in [1.165, 1.54) is 91.5 Å². The second kappa shape index (κ2) is 13.6. The summed E-state index contributed by atoms with van der Waals surface area (Å²) in [6.45, 7) is 0. The lowest BCUT2D eigenvalue weighted by molar-refractivity contribution is 1.18. The Bertz CT molecular complexity index is 3550. The van der Waals surface area contributed by atoms with Gasteiger partial charge in [0.15, 0.2) is 0 Å². The molecular formula is C56H36N2S. The van der Waals surface area contributed by atoms with Crippen molar-refractivity contribution in [3.05, 3.63) is 218 Å².